The minimum atomic E-state index is -0.610. The number of fused-ring (bicyclic) bond motifs is 1. The van der Waals surface area contributed by atoms with Crippen molar-refractivity contribution in [3.63, 3.8) is 0 Å². The summed E-state index contributed by atoms with van der Waals surface area (Å²) in [7, 11) is 0. The molecule has 4 atom stereocenters. The van der Waals surface area contributed by atoms with Gasteiger partial charge >= 0.3 is 0 Å². The maximum Gasteiger partial charge on any atom is 0.145 e. The van der Waals surface area contributed by atoms with E-state index in [-0.39, 0.29) is 5.02 Å². The smallest absolute Gasteiger partial charge is 0.145 e. The second kappa shape index (κ2) is 9.02. The first kappa shape index (κ1) is 20.6. The molecule has 0 radical (unpaired) electrons. The molecule has 0 saturated heterocycles. The Morgan fingerprint density at radius 1 is 0.786 bits per heavy atom. The highest BCUT2D eigenvalue weighted by atomic mass is 35.5. The molecule has 1 aromatic carbocycles. The predicted molar refractivity (Wildman–Crippen MR) is 113 cm³/mol. The van der Waals surface area contributed by atoms with Crippen LogP contribution in [-0.2, 0) is 0 Å². The largest absolute Gasteiger partial charge is 0.205 e. The van der Waals surface area contributed by atoms with Crippen molar-refractivity contribution < 1.29 is 8.78 Å². The SMILES string of the molecule is CCC[C@H]1CC[C@H]([C@@H]2CC[C@@H]3C[C@H](c4cc(F)c(Cl)c(F)c4)CC[C@@H]3C2)CC1. The van der Waals surface area contributed by atoms with Gasteiger partial charge in [-0.3, -0.25) is 0 Å². The standard InChI is InChI=1S/C25H35ClF2/c1-2-3-16-4-6-17(7-5-16)18-8-9-20-13-21(11-10-19(20)12-18)22-14-23(27)25(26)24(28)15-22/h14-21H,2-13H2,1H3/t16-,17-,18-,19-,20-,21-/m1/s1. The van der Waals surface area contributed by atoms with Crippen LogP contribution in [0.3, 0.4) is 0 Å². The molecule has 0 spiro atoms. The number of hydrogen-bond acceptors (Lipinski definition) is 0. The van der Waals surface area contributed by atoms with E-state index in [2.05, 4.69) is 6.92 Å². The molecule has 3 aliphatic rings. The van der Waals surface area contributed by atoms with Crippen LogP contribution in [0.4, 0.5) is 8.78 Å². The van der Waals surface area contributed by atoms with Crippen molar-refractivity contribution in [2.45, 2.75) is 89.9 Å². The lowest BCUT2D eigenvalue weighted by Crippen LogP contribution is -2.34. The van der Waals surface area contributed by atoms with Gasteiger partial charge in [0.05, 0.1) is 0 Å². The van der Waals surface area contributed by atoms with E-state index in [1.54, 1.807) is 0 Å². The summed E-state index contributed by atoms with van der Waals surface area (Å²) in [6.45, 7) is 2.32. The molecule has 4 rings (SSSR count). The molecule has 0 heterocycles. The second-order valence-corrected chi connectivity index (χ2v) is 10.3. The zero-order chi connectivity index (χ0) is 19.7. The molecule has 0 nitrogen and oxygen atoms in total. The van der Waals surface area contributed by atoms with Crippen LogP contribution in [0.2, 0.25) is 5.02 Å². The van der Waals surface area contributed by atoms with Crippen molar-refractivity contribution in [3.05, 3.63) is 34.4 Å². The topological polar surface area (TPSA) is 0 Å². The lowest BCUT2D eigenvalue weighted by molar-refractivity contribution is 0.0711. The third-order valence-electron chi connectivity index (χ3n) is 8.39. The minimum absolute atomic E-state index is 0.295. The van der Waals surface area contributed by atoms with Crippen molar-refractivity contribution in [2.75, 3.05) is 0 Å². The molecular formula is C25H35ClF2. The van der Waals surface area contributed by atoms with Crippen LogP contribution in [0.25, 0.3) is 0 Å². The summed E-state index contributed by atoms with van der Waals surface area (Å²) in [4.78, 5) is 0. The Morgan fingerprint density at radius 3 is 1.96 bits per heavy atom. The fourth-order valence-electron chi connectivity index (χ4n) is 6.82. The first-order valence-corrected chi connectivity index (χ1v) is 12.1. The molecule has 3 saturated carbocycles. The van der Waals surface area contributed by atoms with Crippen molar-refractivity contribution in [3.8, 4) is 0 Å². The summed E-state index contributed by atoms with van der Waals surface area (Å²) < 4.78 is 27.8. The lowest BCUT2D eigenvalue weighted by atomic mass is 9.60. The van der Waals surface area contributed by atoms with Crippen molar-refractivity contribution in [1.82, 2.24) is 0 Å². The average molecular weight is 409 g/mol. The third-order valence-corrected chi connectivity index (χ3v) is 8.75. The average Bonchev–Trinajstić information content (AvgIpc) is 2.71. The van der Waals surface area contributed by atoms with Crippen LogP contribution in [-0.4, -0.2) is 0 Å². The molecular weight excluding hydrogens is 374 g/mol. The van der Waals surface area contributed by atoms with Crippen LogP contribution in [0, 0.1) is 41.2 Å². The zero-order valence-electron chi connectivity index (χ0n) is 17.2. The molecule has 156 valence electrons. The van der Waals surface area contributed by atoms with E-state index in [4.69, 9.17) is 11.6 Å². The highest BCUT2D eigenvalue weighted by Crippen LogP contribution is 2.51. The van der Waals surface area contributed by atoms with Crippen molar-refractivity contribution >= 4 is 11.6 Å². The van der Waals surface area contributed by atoms with Gasteiger partial charge in [-0.15, -0.1) is 0 Å². The zero-order valence-corrected chi connectivity index (χ0v) is 18.0. The van der Waals surface area contributed by atoms with E-state index >= 15 is 0 Å². The van der Waals surface area contributed by atoms with E-state index in [0.717, 1.165) is 48.0 Å². The predicted octanol–water partition coefficient (Wildman–Crippen LogP) is 8.52. The Hall–Kier alpha value is -0.630. The van der Waals surface area contributed by atoms with Gasteiger partial charge < -0.3 is 0 Å². The molecule has 0 amide bonds. The molecule has 0 aliphatic heterocycles. The second-order valence-electron chi connectivity index (χ2n) is 9.97. The van der Waals surface area contributed by atoms with Gasteiger partial charge in [-0.1, -0.05) is 44.2 Å². The molecule has 0 unspecified atom stereocenters. The molecule has 3 aliphatic carbocycles. The van der Waals surface area contributed by atoms with E-state index in [1.807, 2.05) is 0 Å². The van der Waals surface area contributed by atoms with Crippen LogP contribution in [0.15, 0.2) is 12.1 Å². The van der Waals surface area contributed by atoms with Gasteiger partial charge in [0.15, 0.2) is 0 Å². The Bertz CT molecular complexity index is 642. The maximum absolute atomic E-state index is 13.9. The molecule has 3 fully saturated rings. The van der Waals surface area contributed by atoms with Gasteiger partial charge in [0.1, 0.15) is 16.7 Å². The monoisotopic (exact) mass is 408 g/mol. The van der Waals surface area contributed by atoms with Crippen LogP contribution >= 0.6 is 11.6 Å². The fraction of sp³-hybridized carbons (Fsp3) is 0.760. The van der Waals surface area contributed by atoms with Gasteiger partial charge in [0.2, 0.25) is 0 Å². The summed E-state index contributed by atoms with van der Waals surface area (Å²) in [6.07, 6.45) is 16.1. The number of hydrogen-bond donors (Lipinski definition) is 0. The number of halogens is 3. The molecule has 0 aromatic heterocycles. The van der Waals surface area contributed by atoms with E-state index in [9.17, 15) is 8.78 Å². The molecule has 0 bridgehead atoms. The highest BCUT2D eigenvalue weighted by molar-refractivity contribution is 6.30. The first-order chi connectivity index (χ1) is 13.5. The Balaban J connectivity index is 1.33. The summed E-state index contributed by atoms with van der Waals surface area (Å²) in [5.74, 6) is 3.55. The van der Waals surface area contributed by atoms with Crippen molar-refractivity contribution in [2.24, 2.45) is 29.6 Å². The summed E-state index contributed by atoms with van der Waals surface area (Å²) in [6, 6.07) is 2.94. The van der Waals surface area contributed by atoms with Gasteiger partial charge in [-0.25, -0.2) is 8.78 Å². The molecule has 0 N–H and O–H groups in total. The van der Waals surface area contributed by atoms with Gasteiger partial charge in [-0.05, 0) is 105 Å². The Morgan fingerprint density at radius 2 is 1.32 bits per heavy atom. The van der Waals surface area contributed by atoms with E-state index < -0.39 is 11.6 Å². The van der Waals surface area contributed by atoms with E-state index in [0.29, 0.717) is 5.92 Å². The minimum Gasteiger partial charge on any atom is -0.205 e. The Labute approximate surface area is 174 Å². The quantitative estimate of drug-likeness (QED) is 0.438. The van der Waals surface area contributed by atoms with Crippen molar-refractivity contribution in [1.29, 1.82) is 0 Å². The number of benzene rings is 1. The normalized spacial score (nSPS) is 36.1. The Kier molecular flexibility index (Phi) is 6.65. The van der Waals surface area contributed by atoms with Crippen LogP contribution < -0.4 is 0 Å². The lowest BCUT2D eigenvalue weighted by Gasteiger charge is -2.45. The summed E-state index contributed by atoms with van der Waals surface area (Å²) in [5, 5.41) is -0.369. The molecule has 28 heavy (non-hydrogen) atoms. The number of rotatable bonds is 4. The third kappa shape index (κ3) is 4.42. The van der Waals surface area contributed by atoms with Crippen LogP contribution in [0.1, 0.15) is 95.5 Å². The van der Waals surface area contributed by atoms with Gasteiger partial charge in [0, 0.05) is 0 Å². The summed E-state index contributed by atoms with van der Waals surface area (Å²) >= 11 is 5.67. The maximum atomic E-state index is 13.9. The molecule has 1 aromatic rings. The van der Waals surface area contributed by atoms with Gasteiger partial charge in [-0.2, -0.15) is 0 Å². The fourth-order valence-corrected chi connectivity index (χ4v) is 6.93. The first-order valence-electron chi connectivity index (χ1n) is 11.7. The molecule has 3 heteroatoms. The highest BCUT2D eigenvalue weighted by Gasteiger charge is 2.39. The summed E-state index contributed by atoms with van der Waals surface area (Å²) in [5.41, 5.74) is 0.814. The van der Waals surface area contributed by atoms with Crippen LogP contribution in [0.5, 0.6) is 0 Å². The van der Waals surface area contributed by atoms with Gasteiger partial charge in [0.25, 0.3) is 0 Å². The van der Waals surface area contributed by atoms with E-state index in [1.165, 1.54) is 76.3 Å².